The monoisotopic (exact) mass is 172 g/mol. The number of rotatable bonds is 7. The van der Waals surface area contributed by atoms with Crippen molar-refractivity contribution >= 4 is 0 Å². The Labute approximate surface area is 75.2 Å². The van der Waals surface area contributed by atoms with Crippen molar-refractivity contribution in [1.82, 2.24) is 0 Å². The second kappa shape index (κ2) is 6.44. The molecule has 1 heterocycles. The van der Waals surface area contributed by atoms with Crippen molar-refractivity contribution in [3.05, 3.63) is 0 Å². The minimum Gasteiger partial charge on any atom is -0.233 e. The van der Waals surface area contributed by atoms with Gasteiger partial charge in [0.2, 0.25) is 0 Å². The van der Waals surface area contributed by atoms with E-state index in [4.69, 9.17) is 4.89 Å². The van der Waals surface area contributed by atoms with Crippen molar-refractivity contribution < 1.29 is 9.78 Å². The molecule has 72 valence electrons. The van der Waals surface area contributed by atoms with Crippen LogP contribution >= 0.6 is 0 Å². The van der Waals surface area contributed by atoms with Crippen LogP contribution in [0.25, 0.3) is 0 Å². The van der Waals surface area contributed by atoms with Crippen molar-refractivity contribution in [3.8, 4) is 0 Å². The second-order valence-electron chi connectivity index (χ2n) is 3.56. The van der Waals surface area contributed by atoms with Crippen LogP contribution in [0.5, 0.6) is 0 Å². The van der Waals surface area contributed by atoms with Gasteiger partial charge in [0.15, 0.2) is 0 Å². The third kappa shape index (κ3) is 4.07. The highest BCUT2D eigenvalue weighted by Crippen LogP contribution is 2.15. The molecule has 0 aliphatic carbocycles. The van der Waals surface area contributed by atoms with Crippen LogP contribution in [-0.2, 0) is 9.78 Å². The highest BCUT2D eigenvalue weighted by atomic mass is 17.2. The molecule has 0 bridgehead atoms. The van der Waals surface area contributed by atoms with Gasteiger partial charge in [0, 0.05) is 0 Å². The lowest BCUT2D eigenvalue weighted by Gasteiger charge is -2.24. The lowest BCUT2D eigenvalue weighted by molar-refractivity contribution is -0.425. The Bertz CT molecular complexity index is 100. The predicted octanol–water partition coefficient (Wildman–Crippen LogP) is 3.07. The maximum Gasteiger partial charge on any atom is 0.119 e. The number of hydrogen-bond acceptors (Lipinski definition) is 2. The summed E-state index contributed by atoms with van der Waals surface area (Å²) in [5.74, 6) is 0. The summed E-state index contributed by atoms with van der Waals surface area (Å²) in [6.07, 6.45) is 9.78. The highest BCUT2D eigenvalue weighted by Gasteiger charge is 2.18. The van der Waals surface area contributed by atoms with Crippen molar-refractivity contribution in [2.24, 2.45) is 0 Å². The van der Waals surface area contributed by atoms with E-state index < -0.39 is 0 Å². The fourth-order valence-electron chi connectivity index (χ4n) is 1.45. The fourth-order valence-corrected chi connectivity index (χ4v) is 1.45. The molecule has 0 aromatic heterocycles. The molecule has 0 radical (unpaired) electrons. The SMILES string of the molecule is CCCCCCCCC1COO1. The van der Waals surface area contributed by atoms with Gasteiger partial charge in [-0.05, 0) is 6.42 Å². The summed E-state index contributed by atoms with van der Waals surface area (Å²) < 4.78 is 0. The molecule has 2 heteroatoms. The first-order chi connectivity index (χ1) is 5.93. The first-order valence-corrected chi connectivity index (χ1v) is 5.21. The lowest BCUT2D eigenvalue weighted by atomic mass is 10.1. The minimum atomic E-state index is 0.413. The Morgan fingerprint density at radius 1 is 1.08 bits per heavy atom. The van der Waals surface area contributed by atoms with Crippen molar-refractivity contribution in [3.63, 3.8) is 0 Å². The second-order valence-corrected chi connectivity index (χ2v) is 3.56. The fraction of sp³-hybridized carbons (Fsp3) is 1.00. The molecule has 12 heavy (non-hydrogen) atoms. The van der Waals surface area contributed by atoms with Crippen LogP contribution in [-0.4, -0.2) is 12.7 Å². The van der Waals surface area contributed by atoms with E-state index >= 15 is 0 Å². The summed E-state index contributed by atoms with van der Waals surface area (Å²) in [6.45, 7) is 3.06. The number of unbranched alkanes of at least 4 members (excludes halogenated alkanes) is 5. The van der Waals surface area contributed by atoms with E-state index in [0.717, 1.165) is 6.61 Å². The Kier molecular flexibility index (Phi) is 5.37. The van der Waals surface area contributed by atoms with Gasteiger partial charge in [0.1, 0.15) is 12.7 Å². The Balaban J connectivity index is 1.70. The molecule has 0 aromatic rings. The zero-order chi connectivity index (χ0) is 8.65. The minimum absolute atomic E-state index is 0.413. The summed E-state index contributed by atoms with van der Waals surface area (Å²) >= 11 is 0. The predicted molar refractivity (Wildman–Crippen MR) is 48.8 cm³/mol. The van der Waals surface area contributed by atoms with Crippen LogP contribution in [0.2, 0.25) is 0 Å². The summed E-state index contributed by atoms with van der Waals surface area (Å²) in [5, 5.41) is 0. The third-order valence-electron chi connectivity index (χ3n) is 2.34. The molecule has 0 N–H and O–H groups in total. The van der Waals surface area contributed by atoms with E-state index in [1.54, 1.807) is 0 Å². The van der Waals surface area contributed by atoms with E-state index in [-0.39, 0.29) is 0 Å². The average Bonchev–Trinajstić information content (AvgIpc) is 2.00. The molecule has 1 aliphatic rings. The van der Waals surface area contributed by atoms with E-state index in [1.807, 2.05) is 0 Å². The van der Waals surface area contributed by atoms with Crippen LogP contribution in [0.15, 0.2) is 0 Å². The van der Waals surface area contributed by atoms with Gasteiger partial charge in [-0.2, -0.15) is 0 Å². The van der Waals surface area contributed by atoms with Gasteiger partial charge in [-0.3, -0.25) is 0 Å². The van der Waals surface area contributed by atoms with Gasteiger partial charge in [0.05, 0.1) is 0 Å². The normalized spacial score (nSPS) is 22.2. The maximum atomic E-state index is 4.86. The summed E-state index contributed by atoms with van der Waals surface area (Å²) in [4.78, 5) is 9.49. The zero-order valence-electron chi connectivity index (χ0n) is 8.05. The van der Waals surface area contributed by atoms with Crippen LogP contribution < -0.4 is 0 Å². The molecule has 1 aliphatic heterocycles. The zero-order valence-corrected chi connectivity index (χ0v) is 8.05. The van der Waals surface area contributed by atoms with Crippen molar-refractivity contribution in [1.29, 1.82) is 0 Å². The summed E-state index contributed by atoms with van der Waals surface area (Å²) in [6, 6.07) is 0. The molecular formula is C10H20O2. The lowest BCUT2D eigenvalue weighted by Crippen LogP contribution is -2.30. The van der Waals surface area contributed by atoms with Gasteiger partial charge < -0.3 is 0 Å². The van der Waals surface area contributed by atoms with E-state index in [9.17, 15) is 0 Å². The molecule has 0 spiro atoms. The highest BCUT2D eigenvalue weighted by molar-refractivity contribution is 4.59. The molecule has 2 nitrogen and oxygen atoms in total. The standard InChI is InChI=1S/C10H20O2/c1-2-3-4-5-6-7-8-10-9-11-12-10/h10H,2-9H2,1H3. The molecule has 1 atom stereocenters. The van der Waals surface area contributed by atoms with Gasteiger partial charge in [-0.15, -0.1) is 0 Å². The van der Waals surface area contributed by atoms with Crippen LogP contribution in [0.4, 0.5) is 0 Å². The van der Waals surface area contributed by atoms with Gasteiger partial charge in [0.25, 0.3) is 0 Å². The Morgan fingerprint density at radius 3 is 2.33 bits per heavy atom. The van der Waals surface area contributed by atoms with Crippen LogP contribution in [0.3, 0.4) is 0 Å². The van der Waals surface area contributed by atoms with Crippen LogP contribution in [0, 0.1) is 0 Å². The first-order valence-electron chi connectivity index (χ1n) is 5.21. The maximum absolute atomic E-state index is 4.86. The molecule has 1 unspecified atom stereocenters. The quantitative estimate of drug-likeness (QED) is 0.434. The van der Waals surface area contributed by atoms with Crippen molar-refractivity contribution in [2.45, 2.75) is 58.0 Å². The van der Waals surface area contributed by atoms with Crippen LogP contribution in [0.1, 0.15) is 51.9 Å². The Hall–Kier alpha value is -0.0800. The van der Waals surface area contributed by atoms with E-state index in [2.05, 4.69) is 11.8 Å². The molecule has 1 saturated heterocycles. The smallest absolute Gasteiger partial charge is 0.119 e. The van der Waals surface area contributed by atoms with E-state index in [0.29, 0.717) is 6.10 Å². The topological polar surface area (TPSA) is 18.5 Å². The van der Waals surface area contributed by atoms with Gasteiger partial charge >= 0.3 is 0 Å². The largest absolute Gasteiger partial charge is 0.233 e. The summed E-state index contributed by atoms with van der Waals surface area (Å²) in [7, 11) is 0. The van der Waals surface area contributed by atoms with Gasteiger partial charge in [-0.25, -0.2) is 9.78 Å². The first kappa shape index (κ1) is 10.0. The van der Waals surface area contributed by atoms with Crippen molar-refractivity contribution in [2.75, 3.05) is 6.61 Å². The summed E-state index contributed by atoms with van der Waals surface area (Å²) in [5.41, 5.74) is 0. The third-order valence-corrected chi connectivity index (χ3v) is 2.34. The number of hydrogen-bond donors (Lipinski definition) is 0. The molecular weight excluding hydrogens is 152 g/mol. The molecule has 1 rings (SSSR count). The van der Waals surface area contributed by atoms with E-state index in [1.165, 1.54) is 44.9 Å². The molecule has 0 amide bonds. The Morgan fingerprint density at radius 2 is 1.75 bits per heavy atom. The molecule has 0 saturated carbocycles. The molecule has 0 aromatic carbocycles. The average molecular weight is 172 g/mol. The van der Waals surface area contributed by atoms with Gasteiger partial charge in [-0.1, -0.05) is 45.4 Å². The molecule has 1 fully saturated rings.